The van der Waals surface area contributed by atoms with E-state index in [2.05, 4.69) is 0 Å². The van der Waals surface area contributed by atoms with E-state index in [-0.39, 0.29) is 50.5 Å². The molecular weight excluding hydrogens is 396 g/mol. The van der Waals surface area contributed by atoms with Gasteiger partial charge in [-0.05, 0) is 23.1 Å². The summed E-state index contributed by atoms with van der Waals surface area (Å²) in [5.41, 5.74) is 0.156. The first-order valence-electron chi connectivity index (χ1n) is 8.70. The Bertz CT molecular complexity index is 1050. The van der Waals surface area contributed by atoms with E-state index < -0.39 is 15.3 Å². The van der Waals surface area contributed by atoms with E-state index >= 15 is 0 Å². The normalized spacial score (nSPS) is 20.0. The fourth-order valence-corrected chi connectivity index (χ4v) is 5.25. The van der Waals surface area contributed by atoms with Crippen LogP contribution in [0.2, 0.25) is 0 Å². The van der Waals surface area contributed by atoms with Crippen molar-refractivity contribution in [1.29, 1.82) is 0 Å². The van der Waals surface area contributed by atoms with Gasteiger partial charge in [0, 0.05) is 24.7 Å². The van der Waals surface area contributed by atoms with Gasteiger partial charge in [0.05, 0.1) is 10.5 Å². The highest BCUT2D eigenvalue weighted by Crippen LogP contribution is 2.41. The summed E-state index contributed by atoms with van der Waals surface area (Å²) in [6, 6.07) is 8.47. The van der Waals surface area contributed by atoms with Crippen LogP contribution in [0, 0.1) is 5.41 Å². The van der Waals surface area contributed by atoms with Crippen LogP contribution >= 0.6 is 11.8 Å². The molecule has 0 amide bonds. The van der Waals surface area contributed by atoms with Gasteiger partial charge in [0.1, 0.15) is 4.24 Å². The lowest BCUT2D eigenvalue weighted by molar-refractivity contribution is -0.127. The van der Waals surface area contributed by atoms with Crippen LogP contribution in [-0.2, 0) is 19.4 Å². The van der Waals surface area contributed by atoms with Crippen LogP contribution in [0.5, 0.6) is 0 Å². The molecule has 0 saturated heterocycles. The molecule has 1 aromatic rings. The smallest absolute Gasteiger partial charge is 0.199 e. The standard InChI is InChI=1S/C21H20O5S2/c1-21(2)11-15(22)19(16(23)12-21)14-9-17(27-18(10-14)28(3,25)26)20(24)13-7-5-4-6-8-13/h4-10H,11-12H2,1-3H3. The predicted molar refractivity (Wildman–Crippen MR) is 109 cm³/mol. The highest BCUT2D eigenvalue weighted by molar-refractivity contribution is 8.21. The van der Waals surface area contributed by atoms with Crippen molar-refractivity contribution in [1.82, 2.24) is 0 Å². The summed E-state index contributed by atoms with van der Waals surface area (Å²) >= 11 is 0.839. The van der Waals surface area contributed by atoms with Crippen LogP contribution < -0.4 is 0 Å². The molecule has 1 aliphatic heterocycles. The maximum Gasteiger partial charge on any atom is 0.199 e. The van der Waals surface area contributed by atoms with Crippen molar-refractivity contribution in [2.75, 3.05) is 6.26 Å². The molecule has 146 valence electrons. The predicted octanol–water partition coefficient (Wildman–Crippen LogP) is 3.64. The van der Waals surface area contributed by atoms with Crippen LogP contribution in [0.15, 0.2) is 62.8 Å². The van der Waals surface area contributed by atoms with Gasteiger partial charge in [-0.15, -0.1) is 0 Å². The zero-order valence-corrected chi connectivity index (χ0v) is 17.4. The largest absolute Gasteiger partial charge is 0.294 e. The molecule has 0 N–H and O–H groups in total. The second kappa shape index (κ2) is 7.29. The van der Waals surface area contributed by atoms with Crippen LogP contribution in [0.1, 0.15) is 37.0 Å². The van der Waals surface area contributed by atoms with Crippen molar-refractivity contribution < 1.29 is 22.8 Å². The van der Waals surface area contributed by atoms with Gasteiger partial charge in [-0.2, -0.15) is 0 Å². The summed E-state index contributed by atoms with van der Waals surface area (Å²) < 4.78 is 24.3. The van der Waals surface area contributed by atoms with Crippen LogP contribution in [-0.4, -0.2) is 32.0 Å². The van der Waals surface area contributed by atoms with E-state index in [1.54, 1.807) is 30.3 Å². The highest BCUT2D eigenvalue weighted by Gasteiger charge is 2.37. The zero-order valence-electron chi connectivity index (χ0n) is 15.8. The fraction of sp³-hybridized carbons (Fsp3) is 0.286. The summed E-state index contributed by atoms with van der Waals surface area (Å²) in [6.45, 7) is 3.69. The summed E-state index contributed by atoms with van der Waals surface area (Å²) in [7, 11) is -3.63. The SMILES string of the molecule is CC1(C)CC(=O)C(=C2C=C(C(=O)c3ccccc3)SC(S(C)(=O)=O)=C2)C(=O)C1. The summed E-state index contributed by atoms with van der Waals surface area (Å²) in [6.07, 6.45) is 4.21. The fourth-order valence-electron chi connectivity index (χ4n) is 3.23. The number of thioether (sulfide) groups is 1. The molecule has 1 fully saturated rings. The number of allylic oxidation sites excluding steroid dienone is 5. The number of hydrogen-bond acceptors (Lipinski definition) is 6. The molecule has 0 aromatic heterocycles. The molecule has 0 unspecified atom stereocenters. The second-order valence-corrected chi connectivity index (χ2v) is 11.1. The average molecular weight is 417 g/mol. The van der Waals surface area contributed by atoms with E-state index in [1.807, 2.05) is 13.8 Å². The van der Waals surface area contributed by atoms with Crippen molar-refractivity contribution >= 4 is 38.9 Å². The minimum absolute atomic E-state index is 0.0147. The topological polar surface area (TPSA) is 85.3 Å². The Morgan fingerprint density at radius 3 is 2.11 bits per heavy atom. The Balaban J connectivity index is 2.14. The molecule has 0 spiro atoms. The molecular formula is C21H20O5S2. The van der Waals surface area contributed by atoms with Crippen molar-refractivity contribution in [2.45, 2.75) is 26.7 Å². The molecule has 1 saturated carbocycles. The number of sulfone groups is 1. The average Bonchev–Trinajstić information content (AvgIpc) is 2.59. The molecule has 0 atom stereocenters. The Morgan fingerprint density at radius 2 is 1.57 bits per heavy atom. The third-order valence-corrected chi connectivity index (χ3v) is 7.37. The van der Waals surface area contributed by atoms with Crippen molar-refractivity contribution in [3.8, 4) is 0 Å². The van der Waals surface area contributed by atoms with E-state index in [0.29, 0.717) is 5.56 Å². The lowest BCUT2D eigenvalue weighted by Gasteiger charge is -2.29. The van der Waals surface area contributed by atoms with Gasteiger partial charge < -0.3 is 0 Å². The lowest BCUT2D eigenvalue weighted by atomic mass is 9.73. The van der Waals surface area contributed by atoms with Gasteiger partial charge in [-0.1, -0.05) is 55.9 Å². The van der Waals surface area contributed by atoms with Gasteiger partial charge in [0.25, 0.3) is 0 Å². The van der Waals surface area contributed by atoms with E-state index in [0.717, 1.165) is 18.0 Å². The van der Waals surface area contributed by atoms with Crippen LogP contribution in [0.25, 0.3) is 0 Å². The monoisotopic (exact) mass is 416 g/mol. The highest BCUT2D eigenvalue weighted by atomic mass is 32.3. The van der Waals surface area contributed by atoms with E-state index in [9.17, 15) is 22.8 Å². The quantitative estimate of drug-likeness (QED) is 0.425. The Hall–Kier alpha value is -2.25. The third kappa shape index (κ3) is 4.25. The van der Waals surface area contributed by atoms with Crippen molar-refractivity contribution in [3.63, 3.8) is 0 Å². The van der Waals surface area contributed by atoms with Gasteiger partial charge in [0.2, 0.25) is 0 Å². The third-order valence-electron chi connectivity index (χ3n) is 4.52. The molecule has 7 heteroatoms. The number of hydrogen-bond donors (Lipinski definition) is 0. The van der Waals surface area contributed by atoms with Crippen LogP contribution in [0.3, 0.4) is 0 Å². The number of carbonyl (C=O) groups is 3. The lowest BCUT2D eigenvalue weighted by Crippen LogP contribution is -2.32. The molecule has 3 rings (SSSR count). The number of ketones is 3. The number of benzene rings is 1. The summed E-state index contributed by atoms with van der Waals surface area (Å²) in [5.74, 6) is -1.00. The van der Waals surface area contributed by atoms with Crippen LogP contribution in [0.4, 0.5) is 0 Å². The van der Waals surface area contributed by atoms with Crippen molar-refractivity contribution in [2.24, 2.45) is 5.41 Å². The van der Waals surface area contributed by atoms with E-state index in [1.165, 1.54) is 12.2 Å². The molecule has 1 heterocycles. The molecule has 2 aliphatic rings. The molecule has 1 aromatic carbocycles. The molecule has 0 bridgehead atoms. The maximum absolute atomic E-state index is 12.9. The van der Waals surface area contributed by atoms with Gasteiger partial charge in [0.15, 0.2) is 27.2 Å². The van der Waals surface area contributed by atoms with E-state index in [4.69, 9.17) is 0 Å². The Morgan fingerprint density at radius 1 is 1.00 bits per heavy atom. The van der Waals surface area contributed by atoms with Gasteiger partial charge in [-0.3, -0.25) is 14.4 Å². The number of rotatable bonds is 3. The minimum atomic E-state index is -3.63. The van der Waals surface area contributed by atoms with Gasteiger partial charge in [-0.25, -0.2) is 8.42 Å². The molecule has 28 heavy (non-hydrogen) atoms. The first-order valence-corrected chi connectivity index (χ1v) is 11.4. The number of Topliss-reactive ketones (excluding diaryl/α,β-unsaturated/α-hetero) is 3. The molecule has 1 aliphatic carbocycles. The zero-order chi connectivity index (χ0) is 20.7. The Labute approximate surface area is 168 Å². The molecule has 5 nitrogen and oxygen atoms in total. The Kier molecular flexibility index (Phi) is 5.34. The maximum atomic E-state index is 12.9. The summed E-state index contributed by atoms with van der Waals surface area (Å²) in [5, 5.41) is 0. The van der Waals surface area contributed by atoms with Crippen molar-refractivity contribution in [3.05, 3.63) is 68.3 Å². The first-order chi connectivity index (χ1) is 13.0. The first kappa shape index (κ1) is 20.5. The minimum Gasteiger partial charge on any atom is -0.294 e. The second-order valence-electron chi connectivity index (χ2n) is 7.74. The van der Waals surface area contributed by atoms with Gasteiger partial charge >= 0.3 is 0 Å². The molecule has 0 radical (unpaired) electrons. The summed E-state index contributed by atoms with van der Waals surface area (Å²) in [4.78, 5) is 38.3. The number of carbonyl (C=O) groups excluding carboxylic acids is 3.